The smallest absolute Gasteiger partial charge is 0.240 e. The van der Waals surface area contributed by atoms with E-state index in [0.717, 1.165) is 0 Å². The van der Waals surface area contributed by atoms with Gasteiger partial charge in [0.25, 0.3) is 0 Å². The highest BCUT2D eigenvalue weighted by atomic mass is 32.1. The van der Waals surface area contributed by atoms with E-state index in [0.29, 0.717) is 5.13 Å². The number of rotatable bonds is 4. The lowest BCUT2D eigenvalue weighted by molar-refractivity contribution is -0.119. The molecule has 2 N–H and O–H groups in total. The van der Waals surface area contributed by atoms with E-state index in [1.54, 1.807) is 0 Å². The van der Waals surface area contributed by atoms with Gasteiger partial charge in [-0.1, -0.05) is 5.92 Å². The molecule has 5 nitrogen and oxygen atoms in total. The predicted molar refractivity (Wildman–Crippen MR) is 50.2 cm³/mol. The molecule has 1 aromatic rings. The van der Waals surface area contributed by atoms with Gasteiger partial charge in [-0.05, 0) is 0 Å². The third-order valence-corrected chi connectivity index (χ3v) is 1.77. The van der Waals surface area contributed by atoms with Crippen molar-refractivity contribution in [2.24, 2.45) is 0 Å². The van der Waals surface area contributed by atoms with Crippen molar-refractivity contribution in [3.8, 4) is 12.3 Å². The van der Waals surface area contributed by atoms with Crippen LogP contribution in [0.1, 0.15) is 0 Å². The summed E-state index contributed by atoms with van der Waals surface area (Å²) in [5.74, 6) is 2.15. The lowest BCUT2D eigenvalue weighted by Gasteiger charge is -2.01. The van der Waals surface area contributed by atoms with Gasteiger partial charge in [0, 0.05) is 11.5 Å². The first kappa shape index (κ1) is 9.48. The summed E-state index contributed by atoms with van der Waals surface area (Å²) in [6, 6.07) is 0. The van der Waals surface area contributed by atoms with Crippen LogP contribution in [0, 0.1) is 12.3 Å². The Labute approximate surface area is 79.7 Å². The summed E-state index contributed by atoms with van der Waals surface area (Å²) in [6.45, 7) is 0.410. The standard InChI is InChI=1S/C7H8N4OS/c1-2-3-8-6(12)4-9-7-10-5-11-13-7/h1,5H,3-4H2,(H,8,12)(H,9,10,11). The minimum Gasteiger partial charge on any atom is -0.351 e. The van der Waals surface area contributed by atoms with Crippen LogP contribution in [0.4, 0.5) is 5.13 Å². The Morgan fingerprint density at radius 3 is 3.23 bits per heavy atom. The number of anilines is 1. The van der Waals surface area contributed by atoms with Crippen LogP contribution in [-0.4, -0.2) is 28.4 Å². The number of terminal acetylenes is 1. The van der Waals surface area contributed by atoms with E-state index in [-0.39, 0.29) is 19.0 Å². The van der Waals surface area contributed by atoms with Crippen molar-refractivity contribution in [1.29, 1.82) is 0 Å². The number of hydrogen-bond donors (Lipinski definition) is 2. The van der Waals surface area contributed by atoms with Gasteiger partial charge in [-0.2, -0.15) is 4.37 Å². The van der Waals surface area contributed by atoms with E-state index >= 15 is 0 Å². The number of amides is 1. The van der Waals surface area contributed by atoms with E-state index in [1.807, 2.05) is 0 Å². The molecule has 1 heterocycles. The van der Waals surface area contributed by atoms with E-state index in [2.05, 4.69) is 25.9 Å². The van der Waals surface area contributed by atoms with E-state index in [9.17, 15) is 4.79 Å². The zero-order valence-electron chi connectivity index (χ0n) is 6.78. The van der Waals surface area contributed by atoms with Crippen LogP contribution >= 0.6 is 11.5 Å². The summed E-state index contributed by atoms with van der Waals surface area (Å²) in [5, 5.41) is 5.93. The van der Waals surface area contributed by atoms with Crippen LogP contribution in [-0.2, 0) is 4.79 Å². The third-order valence-electron chi connectivity index (χ3n) is 1.15. The van der Waals surface area contributed by atoms with E-state index in [4.69, 9.17) is 6.42 Å². The van der Waals surface area contributed by atoms with Gasteiger partial charge in [-0.15, -0.1) is 6.42 Å². The fourth-order valence-corrected chi connectivity index (χ4v) is 1.04. The molecule has 1 amide bonds. The number of nitrogens with one attached hydrogen (secondary N) is 2. The van der Waals surface area contributed by atoms with Gasteiger partial charge in [-0.3, -0.25) is 4.79 Å². The van der Waals surface area contributed by atoms with Gasteiger partial charge in [0.15, 0.2) is 0 Å². The van der Waals surface area contributed by atoms with Crippen molar-refractivity contribution in [1.82, 2.24) is 14.7 Å². The minimum absolute atomic E-state index is 0.159. The van der Waals surface area contributed by atoms with Gasteiger partial charge in [0.05, 0.1) is 13.1 Å². The van der Waals surface area contributed by atoms with Crippen molar-refractivity contribution in [2.75, 3.05) is 18.4 Å². The van der Waals surface area contributed by atoms with Crippen LogP contribution in [0.3, 0.4) is 0 Å². The first-order valence-electron chi connectivity index (χ1n) is 3.53. The quantitative estimate of drug-likeness (QED) is 0.649. The van der Waals surface area contributed by atoms with Crippen LogP contribution in [0.5, 0.6) is 0 Å². The lowest BCUT2D eigenvalue weighted by Crippen LogP contribution is -2.29. The van der Waals surface area contributed by atoms with E-state index < -0.39 is 0 Å². The third kappa shape index (κ3) is 3.53. The summed E-state index contributed by atoms with van der Waals surface area (Å²) in [6.07, 6.45) is 6.39. The highest BCUT2D eigenvalue weighted by Crippen LogP contribution is 2.04. The Morgan fingerprint density at radius 1 is 1.77 bits per heavy atom. The zero-order valence-corrected chi connectivity index (χ0v) is 7.60. The normalized spacial score (nSPS) is 8.85. The molecule has 68 valence electrons. The van der Waals surface area contributed by atoms with Crippen LogP contribution < -0.4 is 10.6 Å². The molecule has 0 unspecified atom stereocenters. The molecule has 0 fully saturated rings. The number of aromatic nitrogens is 2. The highest BCUT2D eigenvalue weighted by Gasteiger charge is 2.00. The Bertz CT molecular complexity index is 303. The van der Waals surface area contributed by atoms with Crippen molar-refractivity contribution >= 4 is 22.6 Å². The van der Waals surface area contributed by atoms with Gasteiger partial charge < -0.3 is 10.6 Å². The molecule has 0 bridgehead atoms. The second-order valence-corrected chi connectivity index (χ2v) is 2.86. The number of nitrogens with zero attached hydrogens (tertiary/aromatic N) is 2. The van der Waals surface area contributed by atoms with Gasteiger partial charge in [0.2, 0.25) is 11.0 Å². The van der Waals surface area contributed by atoms with Gasteiger partial charge in [-0.25, -0.2) is 4.98 Å². The van der Waals surface area contributed by atoms with Gasteiger partial charge in [0.1, 0.15) is 6.33 Å². The largest absolute Gasteiger partial charge is 0.351 e. The first-order chi connectivity index (χ1) is 6.33. The molecular formula is C7H8N4OS. The van der Waals surface area contributed by atoms with Crippen molar-refractivity contribution in [3.05, 3.63) is 6.33 Å². The molecule has 0 spiro atoms. The molecule has 0 aliphatic heterocycles. The molecule has 0 saturated carbocycles. The van der Waals surface area contributed by atoms with Crippen molar-refractivity contribution < 1.29 is 4.79 Å². The summed E-state index contributed by atoms with van der Waals surface area (Å²) < 4.78 is 3.77. The Hall–Kier alpha value is -1.61. The summed E-state index contributed by atoms with van der Waals surface area (Å²) in [4.78, 5) is 14.8. The average Bonchev–Trinajstić information content (AvgIpc) is 2.64. The summed E-state index contributed by atoms with van der Waals surface area (Å²) in [5.41, 5.74) is 0. The average molecular weight is 196 g/mol. The molecule has 0 aliphatic rings. The number of hydrogen-bond acceptors (Lipinski definition) is 5. The number of carbonyl (C=O) groups is 1. The van der Waals surface area contributed by atoms with Gasteiger partial charge >= 0.3 is 0 Å². The van der Waals surface area contributed by atoms with Crippen LogP contribution in [0.15, 0.2) is 6.33 Å². The fraction of sp³-hybridized carbons (Fsp3) is 0.286. The van der Waals surface area contributed by atoms with Crippen molar-refractivity contribution in [2.45, 2.75) is 0 Å². The Kier molecular flexibility index (Phi) is 3.73. The molecule has 1 aromatic heterocycles. The molecule has 6 heteroatoms. The Balaban J connectivity index is 2.20. The van der Waals surface area contributed by atoms with Crippen molar-refractivity contribution in [3.63, 3.8) is 0 Å². The molecule has 13 heavy (non-hydrogen) atoms. The molecule has 1 rings (SSSR count). The topological polar surface area (TPSA) is 66.9 Å². The minimum atomic E-state index is -0.159. The highest BCUT2D eigenvalue weighted by molar-refractivity contribution is 7.09. The van der Waals surface area contributed by atoms with E-state index in [1.165, 1.54) is 17.9 Å². The monoisotopic (exact) mass is 196 g/mol. The SMILES string of the molecule is C#CCNC(=O)CNc1ncns1. The maximum absolute atomic E-state index is 11.0. The molecule has 0 aliphatic carbocycles. The molecule has 0 saturated heterocycles. The van der Waals surface area contributed by atoms with Crippen LogP contribution in [0.2, 0.25) is 0 Å². The zero-order chi connectivity index (χ0) is 9.52. The second-order valence-electron chi connectivity index (χ2n) is 2.08. The first-order valence-corrected chi connectivity index (χ1v) is 4.31. The summed E-state index contributed by atoms with van der Waals surface area (Å²) in [7, 11) is 0. The number of carbonyl (C=O) groups excluding carboxylic acids is 1. The second kappa shape index (κ2) is 5.11. The lowest BCUT2D eigenvalue weighted by atomic mass is 10.5. The fourth-order valence-electron chi connectivity index (χ4n) is 0.619. The molecule has 0 radical (unpaired) electrons. The maximum Gasteiger partial charge on any atom is 0.240 e. The summed E-state index contributed by atoms with van der Waals surface area (Å²) >= 11 is 1.20. The molecule has 0 aromatic carbocycles. The Morgan fingerprint density at radius 2 is 2.62 bits per heavy atom. The molecule has 0 atom stereocenters. The molecular weight excluding hydrogens is 188 g/mol. The van der Waals surface area contributed by atoms with Crippen LogP contribution in [0.25, 0.3) is 0 Å². The maximum atomic E-state index is 11.0. The predicted octanol–water partition coefficient (Wildman–Crippen LogP) is -0.301.